The monoisotopic (exact) mass is 219 g/mol. The van der Waals surface area contributed by atoms with E-state index in [1.165, 1.54) is 0 Å². The van der Waals surface area contributed by atoms with Crippen LogP contribution in [0.2, 0.25) is 0 Å². The van der Waals surface area contributed by atoms with Gasteiger partial charge in [-0.15, -0.1) is 11.6 Å². The molecule has 82 valence electrons. The van der Waals surface area contributed by atoms with Gasteiger partial charge in [0.05, 0.1) is 0 Å². The Balaban J connectivity index is 2.43. The van der Waals surface area contributed by atoms with Crippen LogP contribution >= 0.6 is 11.6 Å². The first-order valence-electron chi connectivity index (χ1n) is 5.00. The zero-order chi connectivity index (χ0) is 10.8. The molecule has 0 aromatic rings. The fourth-order valence-electron chi connectivity index (χ4n) is 1.48. The van der Waals surface area contributed by atoms with Crippen molar-refractivity contribution >= 4 is 17.6 Å². The van der Waals surface area contributed by atoms with Crippen molar-refractivity contribution in [1.82, 2.24) is 5.32 Å². The highest BCUT2D eigenvalue weighted by Gasteiger charge is 2.31. The molecule has 1 saturated heterocycles. The number of carbonyl (C=O) groups excluding carboxylic acids is 1. The largest absolute Gasteiger partial charge is 0.459 e. The quantitative estimate of drug-likeness (QED) is 0.568. The van der Waals surface area contributed by atoms with E-state index in [9.17, 15) is 4.79 Å². The van der Waals surface area contributed by atoms with E-state index in [-0.39, 0.29) is 12.0 Å². The molecule has 1 N–H and O–H groups in total. The van der Waals surface area contributed by atoms with Gasteiger partial charge in [0.25, 0.3) is 0 Å². The molecule has 2 atom stereocenters. The van der Waals surface area contributed by atoms with Gasteiger partial charge in [-0.3, -0.25) is 4.79 Å². The van der Waals surface area contributed by atoms with Crippen molar-refractivity contribution in [2.45, 2.75) is 50.6 Å². The molecule has 3 nitrogen and oxygen atoms in total. The summed E-state index contributed by atoms with van der Waals surface area (Å²) in [4.78, 5) is 11.6. The summed E-state index contributed by atoms with van der Waals surface area (Å²) in [6.07, 6.45) is 2.03. The van der Waals surface area contributed by atoms with Gasteiger partial charge < -0.3 is 10.1 Å². The molecule has 0 amide bonds. The highest BCUT2D eigenvalue weighted by Crippen LogP contribution is 2.18. The van der Waals surface area contributed by atoms with Gasteiger partial charge in [-0.05, 0) is 40.2 Å². The van der Waals surface area contributed by atoms with Gasteiger partial charge in [-0.1, -0.05) is 0 Å². The zero-order valence-electron chi connectivity index (χ0n) is 8.97. The van der Waals surface area contributed by atoms with Crippen molar-refractivity contribution in [3.05, 3.63) is 0 Å². The Morgan fingerprint density at radius 3 is 2.64 bits per heavy atom. The number of halogens is 1. The predicted octanol–water partition coefficient (Wildman–Crippen LogP) is 1.69. The van der Waals surface area contributed by atoms with Crippen LogP contribution in [0.3, 0.4) is 0 Å². The molecule has 0 aromatic heterocycles. The van der Waals surface area contributed by atoms with E-state index in [0.717, 1.165) is 19.4 Å². The Kier molecular flexibility index (Phi) is 3.78. The fourth-order valence-corrected chi connectivity index (χ4v) is 1.74. The SMILES string of the molecule is CC(C)(C)OC(=O)C(Cl)[C@H]1CCCN1. The number of rotatable bonds is 2. The van der Waals surface area contributed by atoms with Gasteiger partial charge in [0, 0.05) is 6.04 Å². The van der Waals surface area contributed by atoms with Crippen molar-refractivity contribution in [3.8, 4) is 0 Å². The molecule has 1 aliphatic heterocycles. The van der Waals surface area contributed by atoms with E-state index < -0.39 is 11.0 Å². The summed E-state index contributed by atoms with van der Waals surface area (Å²) < 4.78 is 5.20. The molecule has 0 saturated carbocycles. The number of hydrogen-bond donors (Lipinski definition) is 1. The highest BCUT2D eigenvalue weighted by molar-refractivity contribution is 6.30. The topological polar surface area (TPSA) is 38.3 Å². The van der Waals surface area contributed by atoms with Crippen LogP contribution in [0, 0.1) is 0 Å². The Bertz CT molecular complexity index is 207. The minimum Gasteiger partial charge on any atom is -0.459 e. The lowest BCUT2D eigenvalue weighted by molar-refractivity contribution is -0.154. The summed E-state index contributed by atoms with van der Waals surface area (Å²) in [6, 6.07) is 0.0755. The maximum atomic E-state index is 11.6. The molecule has 4 heteroatoms. The van der Waals surface area contributed by atoms with Crippen molar-refractivity contribution < 1.29 is 9.53 Å². The summed E-state index contributed by atoms with van der Waals surface area (Å²) in [5, 5.41) is 2.63. The lowest BCUT2D eigenvalue weighted by Gasteiger charge is -2.23. The number of hydrogen-bond acceptors (Lipinski definition) is 3. The summed E-state index contributed by atoms with van der Waals surface area (Å²) >= 11 is 6.01. The van der Waals surface area contributed by atoms with Crippen molar-refractivity contribution in [2.24, 2.45) is 0 Å². The smallest absolute Gasteiger partial charge is 0.326 e. The predicted molar refractivity (Wildman–Crippen MR) is 56.5 cm³/mol. The number of nitrogens with one attached hydrogen (secondary N) is 1. The molecule has 14 heavy (non-hydrogen) atoms. The van der Waals surface area contributed by atoms with Crippen LogP contribution in [0.15, 0.2) is 0 Å². The summed E-state index contributed by atoms with van der Waals surface area (Å²) in [5.74, 6) is -0.321. The maximum Gasteiger partial charge on any atom is 0.326 e. The van der Waals surface area contributed by atoms with Gasteiger partial charge in [0.15, 0.2) is 0 Å². The molecule has 1 rings (SSSR count). The molecule has 0 aliphatic carbocycles. The van der Waals surface area contributed by atoms with Gasteiger partial charge in [-0.2, -0.15) is 0 Å². The first-order valence-corrected chi connectivity index (χ1v) is 5.44. The number of ether oxygens (including phenoxy) is 1. The lowest BCUT2D eigenvalue weighted by Crippen LogP contribution is -2.40. The minimum atomic E-state index is -0.559. The van der Waals surface area contributed by atoms with Crippen LogP contribution in [0.5, 0.6) is 0 Å². The van der Waals surface area contributed by atoms with E-state index in [0.29, 0.717) is 0 Å². The van der Waals surface area contributed by atoms with E-state index >= 15 is 0 Å². The number of esters is 1. The third-order valence-corrected chi connectivity index (χ3v) is 2.57. The van der Waals surface area contributed by atoms with E-state index in [4.69, 9.17) is 16.3 Å². The van der Waals surface area contributed by atoms with Crippen LogP contribution in [0.4, 0.5) is 0 Å². The molecular formula is C10H18ClNO2. The molecule has 1 unspecified atom stereocenters. The normalized spacial score (nSPS) is 24.7. The molecule has 1 fully saturated rings. The van der Waals surface area contributed by atoms with Crippen molar-refractivity contribution in [1.29, 1.82) is 0 Å². The average Bonchev–Trinajstić information content (AvgIpc) is 2.51. The van der Waals surface area contributed by atoms with Gasteiger partial charge >= 0.3 is 5.97 Å². The maximum absolute atomic E-state index is 11.6. The Labute approximate surface area is 90.1 Å². The van der Waals surface area contributed by atoms with Crippen LogP contribution in [0.25, 0.3) is 0 Å². The van der Waals surface area contributed by atoms with Crippen molar-refractivity contribution in [2.75, 3.05) is 6.54 Å². The first-order chi connectivity index (χ1) is 6.40. The standard InChI is InChI=1S/C10H18ClNO2/c1-10(2,3)14-9(13)8(11)7-5-4-6-12-7/h7-8,12H,4-6H2,1-3H3/t7-,8?/m1/s1. The van der Waals surface area contributed by atoms with Gasteiger partial charge in [0.2, 0.25) is 0 Å². The second kappa shape index (κ2) is 4.49. The molecule has 0 radical (unpaired) electrons. The van der Waals surface area contributed by atoms with Crippen LogP contribution in [-0.4, -0.2) is 29.5 Å². The highest BCUT2D eigenvalue weighted by atomic mass is 35.5. The van der Waals surface area contributed by atoms with Gasteiger partial charge in [-0.25, -0.2) is 0 Å². The van der Waals surface area contributed by atoms with Crippen LogP contribution < -0.4 is 5.32 Å². The molecule has 0 bridgehead atoms. The number of alkyl halides is 1. The molecule has 0 aromatic carbocycles. The van der Waals surface area contributed by atoms with Crippen molar-refractivity contribution in [3.63, 3.8) is 0 Å². The Morgan fingerprint density at radius 1 is 1.57 bits per heavy atom. The van der Waals surface area contributed by atoms with E-state index in [1.54, 1.807) is 0 Å². The fraction of sp³-hybridized carbons (Fsp3) is 0.900. The molecule has 0 spiro atoms. The molecule has 1 aliphatic rings. The number of carbonyl (C=O) groups is 1. The van der Waals surface area contributed by atoms with Crippen LogP contribution in [-0.2, 0) is 9.53 Å². The summed E-state index contributed by atoms with van der Waals surface area (Å²) in [7, 11) is 0. The van der Waals surface area contributed by atoms with Crippen LogP contribution in [0.1, 0.15) is 33.6 Å². The zero-order valence-corrected chi connectivity index (χ0v) is 9.73. The van der Waals surface area contributed by atoms with E-state index in [2.05, 4.69) is 5.32 Å². The molecule has 1 heterocycles. The summed E-state index contributed by atoms with van der Waals surface area (Å²) in [5.41, 5.74) is -0.456. The third kappa shape index (κ3) is 3.46. The second-order valence-corrected chi connectivity index (χ2v) is 5.11. The van der Waals surface area contributed by atoms with Gasteiger partial charge in [0.1, 0.15) is 11.0 Å². The second-order valence-electron chi connectivity index (χ2n) is 4.64. The molecular weight excluding hydrogens is 202 g/mol. The first kappa shape index (κ1) is 11.8. The third-order valence-electron chi connectivity index (χ3n) is 2.08. The summed E-state index contributed by atoms with van der Waals surface area (Å²) in [6.45, 7) is 6.47. The average molecular weight is 220 g/mol. The Hall–Kier alpha value is -0.280. The minimum absolute atomic E-state index is 0.0755. The lowest BCUT2D eigenvalue weighted by atomic mass is 10.1. The Morgan fingerprint density at radius 2 is 2.21 bits per heavy atom. The van der Waals surface area contributed by atoms with E-state index in [1.807, 2.05) is 20.8 Å².